The number of nitrogens with one attached hydrogen (secondary N) is 1. The van der Waals surface area contributed by atoms with Crippen molar-refractivity contribution in [3.05, 3.63) is 53.2 Å². The number of amides is 2. The Balaban J connectivity index is 2.21. The molecular formula is C21H25N3O6. The highest BCUT2D eigenvalue weighted by Gasteiger charge is 2.18. The van der Waals surface area contributed by atoms with Crippen molar-refractivity contribution in [1.82, 2.24) is 10.3 Å². The highest BCUT2D eigenvalue weighted by atomic mass is 16.6. The lowest BCUT2D eigenvalue weighted by Crippen LogP contribution is -2.37. The Hall–Kier alpha value is -3.46. The summed E-state index contributed by atoms with van der Waals surface area (Å²) in [6, 6.07) is 9.21. The number of hydrogen-bond acceptors (Lipinski definition) is 8. The third-order valence-corrected chi connectivity index (χ3v) is 3.99. The van der Waals surface area contributed by atoms with Crippen molar-refractivity contribution in [1.29, 1.82) is 0 Å². The summed E-state index contributed by atoms with van der Waals surface area (Å²) < 4.78 is 15.7. The van der Waals surface area contributed by atoms with E-state index in [2.05, 4.69) is 18.8 Å². The molecule has 0 unspecified atom stereocenters. The van der Waals surface area contributed by atoms with Gasteiger partial charge in [-0.15, -0.1) is 0 Å². The molecule has 2 aromatic rings. The van der Waals surface area contributed by atoms with Crippen LogP contribution in [0.5, 0.6) is 11.6 Å². The summed E-state index contributed by atoms with van der Waals surface area (Å²) in [5.74, 6) is -1.06. The summed E-state index contributed by atoms with van der Waals surface area (Å²) in [6.45, 7) is 5.84. The van der Waals surface area contributed by atoms with E-state index in [1.165, 1.54) is 17.8 Å². The van der Waals surface area contributed by atoms with E-state index in [4.69, 9.17) is 19.9 Å². The van der Waals surface area contributed by atoms with E-state index in [1.54, 1.807) is 6.92 Å². The zero-order valence-electron chi connectivity index (χ0n) is 17.1. The number of pyridine rings is 1. The van der Waals surface area contributed by atoms with Gasteiger partial charge in [0.15, 0.2) is 5.75 Å². The Labute approximate surface area is 174 Å². The molecule has 30 heavy (non-hydrogen) atoms. The quantitative estimate of drug-likeness (QED) is 0.629. The maximum atomic E-state index is 12.0. The second-order valence-corrected chi connectivity index (χ2v) is 6.57. The molecule has 2 rings (SSSR count). The Morgan fingerprint density at radius 2 is 1.87 bits per heavy atom. The zero-order chi connectivity index (χ0) is 22.1. The molecule has 0 saturated carbocycles. The Morgan fingerprint density at radius 3 is 2.47 bits per heavy atom. The van der Waals surface area contributed by atoms with Crippen LogP contribution in [0.4, 0.5) is 4.79 Å². The summed E-state index contributed by atoms with van der Waals surface area (Å²) in [4.78, 5) is 39.0. The first-order valence-corrected chi connectivity index (χ1v) is 9.44. The van der Waals surface area contributed by atoms with Crippen LogP contribution in [0.3, 0.4) is 0 Å². The maximum Gasteiger partial charge on any atom is 0.420 e. The van der Waals surface area contributed by atoms with Crippen molar-refractivity contribution in [2.75, 3.05) is 13.2 Å². The molecule has 2 amide bonds. The van der Waals surface area contributed by atoms with E-state index < -0.39 is 18.0 Å². The fourth-order valence-corrected chi connectivity index (χ4v) is 2.38. The third kappa shape index (κ3) is 6.56. The number of aromatic nitrogens is 1. The minimum absolute atomic E-state index is 0.0452. The lowest BCUT2D eigenvalue weighted by Gasteiger charge is -2.13. The van der Waals surface area contributed by atoms with Gasteiger partial charge in [-0.2, -0.15) is 0 Å². The van der Waals surface area contributed by atoms with Gasteiger partial charge in [0.05, 0.1) is 18.7 Å². The summed E-state index contributed by atoms with van der Waals surface area (Å²) >= 11 is 0. The van der Waals surface area contributed by atoms with Gasteiger partial charge >= 0.3 is 12.1 Å². The Kier molecular flexibility index (Phi) is 8.30. The number of nitrogens with zero attached hydrogens (tertiary/aromatic N) is 1. The van der Waals surface area contributed by atoms with Gasteiger partial charge in [-0.25, -0.2) is 14.6 Å². The Bertz CT molecular complexity index is 896. The van der Waals surface area contributed by atoms with E-state index >= 15 is 0 Å². The molecule has 1 heterocycles. The second kappa shape index (κ2) is 10.9. The fourth-order valence-electron chi connectivity index (χ4n) is 2.38. The molecular weight excluding hydrogens is 390 g/mol. The Morgan fingerprint density at radius 1 is 1.17 bits per heavy atom. The van der Waals surface area contributed by atoms with Gasteiger partial charge in [0.25, 0.3) is 5.88 Å². The molecule has 0 aliphatic carbocycles. The summed E-state index contributed by atoms with van der Waals surface area (Å²) in [5, 5.41) is 1.94. The summed E-state index contributed by atoms with van der Waals surface area (Å²) in [6.07, 6.45) is 0.128. The number of esters is 1. The van der Waals surface area contributed by atoms with Gasteiger partial charge in [-0.3, -0.25) is 10.1 Å². The van der Waals surface area contributed by atoms with Crippen LogP contribution in [0.25, 0.3) is 0 Å². The monoisotopic (exact) mass is 415 g/mol. The van der Waals surface area contributed by atoms with Crippen LogP contribution in [0, 0.1) is 0 Å². The molecule has 0 aliphatic heterocycles. The van der Waals surface area contributed by atoms with Crippen LogP contribution in [-0.2, 0) is 16.1 Å². The van der Waals surface area contributed by atoms with Crippen molar-refractivity contribution in [2.24, 2.45) is 5.73 Å². The molecule has 3 N–H and O–H groups in total. The van der Waals surface area contributed by atoms with Crippen molar-refractivity contribution < 1.29 is 28.6 Å². The average Bonchev–Trinajstić information content (AvgIpc) is 2.73. The van der Waals surface area contributed by atoms with Crippen LogP contribution < -0.4 is 20.5 Å². The van der Waals surface area contributed by atoms with E-state index in [-0.39, 0.29) is 37.0 Å². The standard InChI is InChI=1S/C21H25N3O6/c1-4-28-20(26)16-9-17(19(23-11-16)30-21(27)24-18(25)10-22)29-12-14-5-7-15(8-6-14)13(2)3/h5-9,11,13H,4,10,12,22H2,1-3H3,(H,24,25,27). The topological polar surface area (TPSA) is 130 Å². The molecule has 0 saturated heterocycles. The van der Waals surface area contributed by atoms with Crippen molar-refractivity contribution in [2.45, 2.75) is 33.3 Å². The number of carbonyl (C=O) groups is 3. The molecule has 0 atom stereocenters. The second-order valence-electron chi connectivity index (χ2n) is 6.57. The largest absolute Gasteiger partial charge is 0.483 e. The number of hydrogen-bond donors (Lipinski definition) is 2. The average molecular weight is 415 g/mol. The van der Waals surface area contributed by atoms with Gasteiger partial charge < -0.3 is 19.9 Å². The lowest BCUT2D eigenvalue weighted by molar-refractivity contribution is -0.118. The third-order valence-electron chi connectivity index (χ3n) is 3.99. The van der Waals surface area contributed by atoms with Crippen LogP contribution in [0.2, 0.25) is 0 Å². The van der Waals surface area contributed by atoms with Gasteiger partial charge in [-0.1, -0.05) is 38.1 Å². The van der Waals surface area contributed by atoms with Crippen LogP contribution in [0.1, 0.15) is 48.2 Å². The SMILES string of the molecule is CCOC(=O)c1cnc(OC(=O)NC(=O)CN)c(OCc2ccc(C(C)C)cc2)c1. The van der Waals surface area contributed by atoms with Crippen molar-refractivity contribution >= 4 is 18.0 Å². The molecule has 0 spiro atoms. The molecule has 9 nitrogen and oxygen atoms in total. The van der Waals surface area contributed by atoms with Crippen molar-refractivity contribution in [3.63, 3.8) is 0 Å². The first kappa shape index (κ1) is 22.8. The predicted octanol–water partition coefficient (Wildman–Crippen LogP) is 2.53. The number of rotatable bonds is 8. The van der Waals surface area contributed by atoms with Gasteiger partial charge in [0.2, 0.25) is 5.91 Å². The van der Waals surface area contributed by atoms with Crippen molar-refractivity contribution in [3.8, 4) is 11.6 Å². The minimum Gasteiger partial charge on any atom is -0.483 e. The molecule has 9 heteroatoms. The normalized spacial score (nSPS) is 10.4. The molecule has 160 valence electrons. The van der Waals surface area contributed by atoms with Crippen LogP contribution in [-0.4, -0.2) is 36.1 Å². The number of nitrogens with two attached hydrogens (primary N) is 1. The predicted molar refractivity (Wildman–Crippen MR) is 108 cm³/mol. The van der Waals surface area contributed by atoms with E-state index in [0.717, 1.165) is 5.56 Å². The molecule has 0 radical (unpaired) electrons. The van der Waals surface area contributed by atoms with Gasteiger partial charge in [0, 0.05) is 12.3 Å². The fraction of sp³-hybridized carbons (Fsp3) is 0.333. The van der Waals surface area contributed by atoms with Gasteiger partial charge in [-0.05, 0) is 24.0 Å². The first-order chi connectivity index (χ1) is 14.3. The van der Waals surface area contributed by atoms with E-state index in [1.807, 2.05) is 29.6 Å². The first-order valence-electron chi connectivity index (χ1n) is 9.44. The summed E-state index contributed by atoms with van der Waals surface area (Å²) in [7, 11) is 0. The molecule has 0 aliphatic rings. The highest BCUT2D eigenvalue weighted by Crippen LogP contribution is 2.27. The maximum absolute atomic E-state index is 12.0. The van der Waals surface area contributed by atoms with Crippen LogP contribution in [0.15, 0.2) is 36.5 Å². The highest BCUT2D eigenvalue weighted by molar-refractivity contribution is 5.93. The minimum atomic E-state index is -1.06. The molecule has 0 bridgehead atoms. The molecule has 1 aromatic heterocycles. The number of imide groups is 1. The lowest BCUT2D eigenvalue weighted by atomic mass is 10.0. The molecule has 0 fully saturated rings. The number of benzene rings is 1. The number of carbonyl (C=O) groups excluding carboxylic acids is 3. The van der Waals surface area contributed by atoms with E-state index in [9.17, 15) is 14.4 Å². The zero-order valence-corrected chi connectivity index (χ0v) is 17.1. The van der Waals surface area contributed by atoms with Gasteiger partial charge in [0.1, 0.15) is 6.61 Å². The molecule has 1 aromatic carbocycles. The van der Waals surface area contributed by atoms with E-state index in [0.29, 0.717) is 5.92 Å². The van der Waals surface area contributed by atoms with Crippen LogP contribution >= 0.6 is 0 Å². The number of ether oxygens (including phenoxy) is 3. The summed E-state index contributed by atoms with van der Waals surface area (Å²) in [5.41, 5.74) is 7.35. The smallest absolute Gasteiger partial charge is 0.420 e.